The zero-order valence-corrected chi connectivity index (χ0v) is 8.97. The molecule has 0 aliphatic rings. The summed E-state index contributed by atoms with van der Waals surface area (Å²) in [6, 6.07) is 10.1. The number of aliphatic hydroxyl groups excluding tert-OH is 1. The molecule has 0 heterocycles. The summed E-state index contributed by atoms with van der Waals surface area (Å²) in [5, 5.41) is 19.4. The smallest absolute Gasteiger partial charge is 0.129 e. The Kier molecular flexibility index (Phi) is 2.97. The van der Waals surface area contributed by atoms with Gasteiger partial charge in [-0.25, -0.2) is 4.39 Å². The first-order valence-corrected chi connectivity index (χ1v) is 5.10. The molecule has 0 radical (unpaired) electrons. The van der Waals surface area contributed by atoms with Crippen LogP contribution in [-0.2, 0) is 0 Å². The van der Waals surface area contributed by atoms with Crippen molar-refractivity contribution < 1.29 is 14.6 Å². The monoisotopic (exact) mass is 233 g/mol. The molecule has 0 fully saturated rings. The van der Waals surface area contributed by atoms with E-state index in [2.05, 4.69) is 0 Å². The normalized spacial score (nSPS) is 12.4. The third-order valence-electron chi connectivity index (χ3n) is 2.56. The summed E-state index contributed by atoms with van der Waals surface area (Å²) >= 11 is 0. The Morgan fingerprint density at radius 1 is 1.06 bits per heavy atom. The minimum Gasteiger partial charge on any atom is -0.508 e. The highest BCUT2D eigenvalue weighted by Gasteiger charge is 2.17. The second kappa shape index (κ2) is 4.43. The maximum absolute atomic E-state index is 13.5. The van der Waals surface area contributed by atoms with Gasteiger partial charge in [-0.1, -0.05) is 18.2 Å². The van der Waals surface area contributed by atoms with E-state index in [0.717, 1.165) is 0 Å². The minimum absolute atomic E-state index is 0.0235. The standard InChI is InChI=1S/C13H12FNO2/c14-11-4-2-1-3-9(11)13(17)10-7-8(16)5-6-12(10)15/h1-7,13,16-17H,15H2. The van der Waals surface area contributed by atoms with Crippen LogP contribution in [0.25, 0.3) is 0 Å². The van der Waals surface area contributed by atoms with Gasteiger partial charge in [-0.2, -0.15) is 0 Å². The Balaban J connectivity index is 2.47. The van der Waals surface area contributed by atoms with Crippen molar-refractivity contribution in [1.29, 1.82) is 0 Å². The average Bonchev–Trinajstić information content (AvgIpc) is 2.32. The number of aromatic hydroxyl groups is 1. The summed E-state index contributed by atoms with van der Waals surface area (Å²) < 4.78 is 13.5. The quantitative estimate of drug-likeness (QED) is 0.550. The van der Waals surface area contributed by atoms with Gasteiger partial charge < -0.3 is 15.9 Å². The minimum atomic E-state index is -1.19. The Bertz CT molecular complexity index is 543. The van der Waals surface area contributed by atoms with Crippen molar-refractivity contribution in [2.45, 2.75) is 6.10 Å². The lowest BCUT2D eigenvalue weighted by Crippen LogP contribution is -2.05. The molecule has 0 aliphatic carbocycles. The van der Waals surface area contributed by atoms with Crippen molar-refractivity contribution in [3.05, 3.63) is 59.4 Å². The molecule has 0 amide bonds. The molecule has 0 saturated carbocycles. The average molecular weight is 233 g/mol. The van der Waals surface area contributed by atoms with Crippen LogP contribution in [-0.4, -0.2) is 10.2 Å². The molecule has 17 heavy (non-hydrogen) atoms. The SMILES string of the molecule is Nc1ccc(O)cc1C(O)c1ccccc1F. The third kappa shape index (κ3) is 2.21. The van der Waals surface area contributed by atoms with Crippen LogP contribution in [0.15, 0.2) is 42.5 Å². The first kappa shape index (κ1) is 11.4. The molecule has 2 rings (SSSR count). The van der Waals surface area contributed by atoms with E-state index < -0.39 is 11.9 Å². The molecule has 0 bridgehead atoms. The van der Waals surface area contributed by atoms with Gasteiger partial charge in [-0.05, 0) is 24.3 Å². The van der Waals surface area contributed by atoms with Crippen LogP contribution in [0.4, 0.5) is 10.1 Å². The molecule has 3 nitrogen and oxygen atoms in total. The molecule has 0 saturated heterocycles. The highest BCUT2D eigenvalue weighted by molar-refractivity contribution is 5.53. The highest BCUT2D eigenvalue weighted by Crippen LogP contribution is 2.30. The van der Waals surface area contributed by atoms with Gasteiger partial charge in [0.2, 0.25) is 0 Å². The molecule has 0 spiro atoms. The largest absolute Gasteiger partial charge is 0.508 e. The molecule has 2 aromatic carbocycles. The second-order valence-electron chi connectivity index (χ2n) is 3.74. The lowest BCUT2D eigenvalue weighted by Gasteiger charge is -2.14. The van der Waals surface area contributed by atoms with E-state index in [1.807, 2.05) is 0 Å². The number of anilines is 1. The fourth-order valence-electron chi connectivity index (χ4n) is 1.66. The molecule has 2 aromatic rings. The number of hydrogen-bond donors (Lipinski definition) is 3. The van der Waals surface area contributed by atoms with Gasteiger partial charge in [0.25, 0.3) is 0 Å². The number of benzene rings is 2. The van der Waals surface area contributed by atoms with Crippen LogP contribution in [0, 0.1) is 5.82 Å². The van der Waals surface area contributed by atoms with E-state index in [-0.39, 0.29) is 16.9 Å². The van der Waals surface area contributed by atoms with E-state index in [1.54, 1.807) is 6.07 Å². The molecule has 0 aromatic heterocycles. The topological polar surface area (TPSA) is 66.5 Å². The number of rotatable bonds is 2. The van der Waals surface area contributed by atoms with Gasteiger partial charge in [-0.15, -0.1) is 0 Å². The number of aliphatic hydroxyl groups is 1. The van der Waals surface area contributed by atoms with Gasteiger partial charge in [-0.3, -0.25) is 0 Å². The molecule has 1 atom stereocenters. The van der Waals surface area contributed by atoms with Crippen LogP contribution in [0.5, 0.6) is 5.75 Å². The van der Waals surface area contributed by atoms with Gasteiger partial charge >= 0.3 is 0 Å². The van der Waals surface area contributed by atoms with Crippen LogP contribution in [0.2, 0.25) is 0 Å². The summed E-state index contributed by atoms with van der Waals surface area (Å²) in [5.41, 5.74) is 6.41. The van der Waals surface area contributed by atoms with Crippen molar-refractivity contribution in [2.75, 3.05) is 5.73 Å². The lowest BCUT2D eigenvalue weighted by atomic mass is 9.99. The summed E-state index contributed by atoms with van der Waals surface area (Å²) in [7, 11) is 0. The van der Waals surface area contributed by atoms with Gasteiger partial charge in [0.1, 0.15) is 17.7 Å². The summed E-state index contributed by atoms with van der Waals surface area (Å²) in [6.07, 6.45) is -1.19. The Labute approximate surface area is 97.9 Å². The van der Waals surface area contributed by atoms with E-state index in [9.17, 15) is 14.6 Å². The number of nitrogens with two attached hydrogens (primary N) is 1. The number of phenolic OH excluding ortho intramolecular Hbond substituents is 1. The van der Waals surface area contributed by atoms with Crippen molar-refractivity contribution in [2.24, 2.45) is 0 Å². The lowest BCUT2D eigenvalue weighted by molar-refractivity contribution is 0.215. The Hall–Kier alpha value is -2.07. The first-order valence-electron chi connectivity index (χ1n) is 5.10. The maximum Gasteiger partial charge on any atom is 0.129 e. The second-order valence-corrected chi connectivity index (χ2v) is 3.74. The zero-order valence-electron chi connectivity index (χ0n) is 8.97. The number of hydrogen-bond acceptors (Lipinski definition) is 3. The van der Waals surface area contributed by atoms with Crippen LogP contribution >= 0.6 is 0 Å². The third-order valence-corrected chi connectivity index (χ3v) is 2.56. The predicted molar refractivity (Wildman–Crippen MR) is 63.0 cm³/mol. The fourth-order valence-corrected chi connectivity index (χ4v) is 1.66. The van der Waals surface area contributed by atoms with E-state index in [0.29, 0.717) is 5.69 Å². The summed E-state index contributed by atoms with van der Waals surface area (Å²) in [4.78, 5) is 0. The van der Waals surface area contributed by atoms with Crippen LogP contribution in [0.1, 0.15) is 17.2 Å². The van der Waals surface area contributed by atoms with Gasteiger partial charge in [0, 0.05) is 16.8 Å². The molecular weight excluding hydrogens is 221 g/mol. The molecule has 0 aliphatic heterocycles. The number of phenols is 1. The van der Waals surface area contributed by atoms with Gasteiger partial charge in [0.15, 0.2) is 0 Å². The van der Waals surface area contributed by atoms with Gasteiger partial charge in [0.05, 0.1) is 0 Å². The maximum atomic E-state index is 13.5. The number of nitrogen functional groups attached to an aromatic ring is 1. The zero-order chi connectivity index (χ0) is 12.4. The molecular formula is C13H12FNO2. The van der Waals surface area contributed by atoms with E-state index >= 15 is 0 Å². The van der Waals surface area contributed by atoms with Crippen LogP contribution < -0.4 is 5.73 Å². The molecule has 4 heteroatoms. The summed E-state index contributed by atoms with van der Waals surface area (Å²) in [6.45, 7) is 0. The predicted octanol–water partition coefficient (Wildman–Crippen LogP) is 2.20. The number of halogens is 1. The first-order chi connectivity index (χ1) is 8.09. The highest BCUT2D eigenvalue weighted by atomic mass is 19.1. The van der Waals surface area contributed by atoms with Crippen molar-refractivity contribution in [1.82, 2.24) is 0 Å². The summed E-state index contributed by atoms with van der Waals surface area (Å²) in [5.74, 6) is -0.535. The van der Waals surface area contributed by atoms with E-state index in [1.165, 1.54) is 36.4 Å². The van der Waals surface area contributed by atoms with Crippen molar-refractivity contribution in [3.8, 4) is 5.75 Å². The Morgan fingerprint density at radius 3 is 2.47 bits per heavy atom. The Morgan fingerprint density at radius 2 is 1.76 bits per heavy atom. The molecule has 4 N–H and O–H groups in total. The molecule has 1 unspecified atom stereocenters. The van der Waals surface area contributed by atoms with Crippen molar-refractivity contribution >= 4 is 5.69 Å². The molecule has 88 valence electrons. The van der Waals surface area contributed by atoms with Crippen molar-refractivity contribution in [3.63, 3.8) is 0 Å². The van der Waals surface area contributed by atoms with Crippen LogP contribution in [0.3, 0.4) is 0 Å². The van der Waals surface area contributed by atoms with E-state index in [4.69, 9.17) is 5.73 Å². The fraction of sp³-hybridized carbons (Fsp3) is 0.0769.